The third-order valence-electron chi connectivity index (χ3n) is 12.0. The minimum Gasteiger partial charge on any atom is -0.490 e. The number of rotatable bonds is 4. The van der Waals surface area contributed by atoms with Gasteiger partial charge in [-0.25, -0.2) is 9.00 Å². The van der Waals surface area contributed by atoms with E-state index in [1.807, 2.05) is 38.4 Å². The molecule has 8 atom stereocenters. The van der Waals surface area contributed by atoms with Crippen molar-refractivity contribution in [1.82, 2.24) is 19.8 Å². The van der Waals surface area contributed by atoms with Crippen molar-refractivity contribution in [2.24, 2.45) is 29.2 Å². The summed E-state index contributed by atoms with van der Waals surface area (Å²) in [5.74, 6) is 0.823. The van der Waals surface area contributed by atoms with Gasteiger partial charge in [0.15, 0.2) is 0 Å². The van der Waals surface area contributed by atoms with E-state index in [0.717, 1.165) is 67.9 Å². The van der Waals surface area contributed by atoms with Gasteiger partial charge in [0.05, 0.1) is 30.3 Å². The first-order valence-corrected chi connectivity index (χ1v) is 20.9. The van der Waals surface area contributed by atoms with Crippen molar-refractivity contribution < 1.29 is 23.3 Å². The standard InChI is InChI=1S/C40H49ClN6O5S/c1-25-6-4-8-36(51-3)31-12-9-28(31)21-47-23-40(15-5-7-26-16-30(41)11-13-33(26)40)24-52-37-14-10-27(17-35(37)47)38(48)44-53(50,22-25)45-39(49)43-34-18-32(34)29-19-42-46(2)20-29/h4,8,10-11,13-14,16-17,19-20,25,28,31-32,34,36H,5-7,9,12,15,18,21-24H2,1-3H3,(H2,43,44,45,48,49,50)/b8-4+/t25-,28-,31+,32+,34-,36-,40-,53-/m0/s1. The lowest BCUT2D eigenvalue weighted by molar-refractivity contribution is 0.0131. The van der Waals surface area contributed by atoms with Crippen LogP contribution in [0.2, 0.25) is 5.02 Å². The zero-order valence-corrected chi connectivity index (χ0v) is 32.2. The number of nitrogens with zero attached hydrogens (tertiary/aromatic N) is 4. The van der Waals surface area contributed by atoms with Crippen LogP contribution in [0.25, 0.3) is 0 Å². The van der Waals surface area contributed by atoms with Gasteiger partial charge in [-0.05, 0) is 110 Å². The normalized spacial score (nSPS) is 32.9. The molecule has 53 heavy (non-hydrogen) atoms. The topological polar surface area (TPSA) is 127 Å². The zero-order valence-electron chi connectivity index (χ0n) is 30.6. The molecule has 2 bridgehead atoms. The molecule has 13 heteroatoms. The summed E-state index contributed by atoms with van der Waals surface area (Å²) in [6.07, 6.45) is 14.4. The summed E-state index contributed by atoms with van der Waals surface area (Å²) in [4.78, 5) is 29.8. The number of carbonyl (C=O) groups is 2. The Morgan fingerprint density at radius 3 is 2.83 bits per heavy atom. The number of amides is 3. The molecule has 2 N–H and O–H groups in total. The van der Waals surface area contributed by atoms with Gasteiger partial charge in [-0.3, -0.25) is 14.2 Å². The highest BCUT2D eigenvalue weighted by atomic mass is 35.5. The summed E-state index contributed by atoms with van der Waals surface area (Å²) in [6, 6.07) is 10.9. The van der Waals surface area contributed by atoms with E-state index in [-0.39, 0.29) is 35.1 Å². The lowest BCUT2D eigenvalue weighted by Gasteiger charge is -2.46. The van der Waals surface area contributed by atoms with Crippen molar-refractivity contribution in [1.29, 1.82) is 0 Å². The van der Waals surface area contributed by atoms with Crippen LogP contribution in [-0.2, 0) is 33.5 Å². The van der Waals surface area contributed by atoms with Gasteiger partial charge >= 0.3 is 6.03 Å². The number of aromatic nitrogens is 2. The summed E-state index contributed by atoms with van der Waals surface area (Å²) < 4.78 is 36.0. The summed E-state index contributed by atoms with van der Waals surface area (Å²) in [6.45, 7) is 3.97. The molecule has 2 fully saturated rings. The van der Waals surface area contributed by atoms with Gasteiger partial charge in [0, 0.05) is 61.4 Å². The molecule has 8 rings (SSSR count). The van der Waals surface area contributed by atoms with E-state index in [1.165, 1.54) is 11.1 Å². The number of halogens is 1. The Kier molecular flexibility index (Phi) is 9.82. The summed E-state index contributed by atoms with van der Waals surface area (Å²) >= 11 is 6.47. The van der Waals surface area contributed by atoms with Crippen LogP contribution in [0.1, 0.15) is 78.4 Å². The highest BCUT2D eigenvalue weighted by Gasteiger charge is 2.45. The summed E-state index contributed by atoms with van der Waals surface area (Å²) in [5, 5.41) is 7.92. The molecule has 282 valence electrons. The molecule has 2 saturated carbocycles. The Balaban J connectivity index is 1.13. The first-order valence-electron chi connectivity index (χ1n) is 18.9. The van der Waals surface area contributed by atoms with Gasteiger partial charge in [0.25, 0.3) is 5.91 Å². The number of anilines is 1. The molecule has 3 heterocycles. The predicted octanol–water partition coefficient (Wildman–Crippen LogP) is 6.56. The van der Waals surface area contributed by atoms with Crippen molar-refractivity contribution in [2.45, 2.75) is 75.3 Å². The van der Waals surface area contributed by atoms with Gasteiger partial charge in [-0.15, -0.1) is 4.36 Å². The van der Waals surface area contributed by atoms with Crippen LogP contribution in [0, 0.1) is 17.8 Å². The monoisotopic (exact) mass is 760 g/mol. The van der Waals surface area contributed by atoms with E-state index >= 15 is 0 Å². The van der Waals surface area contributed by atoms with Gasteiger partial charge in [0.2, 0.25) is 0 Å². The maximum Gasteiger partial charge on any atom is 0.327 e. The Morgan fingerprint density at radius 1 is 1.19 bits per heavy atom. The number of hydrogen-bond acceptors (Lipinski definition) is 7. The van der Waals surface area contributed by atoms with E-state index in [4.69, 9.17) is 21.1 Å². The largest absolute Gasteiger partial charge is 0.490 e. The van der Waals surface area contributed by atoms with Crippen LogP contribution in [-0.4, -0.2) is 70.6 Å². The number of methoxy groups -OCH3 is 1. The quantitative estimate of drug-likeness (QED) is 0.289. The summed E-state index contributed by atoms with van der Waals surface area (Å²) in [5.41, 5.74) is 4.45. The molecule has 3 aliphatic carbocycles. The molecule has 1 aromatic heterocycles. The number of aryl methyl sites for hydroxylation is 2. The first-order chi connectivity index (χ1) is 25.5. The second kappa shape index (κ2) is 14.4. The second-order valence-corrected chi connectivity index (χ2v) is 18.4. The number of nitrogens with one attached hydrogen (secondary N) is 2. The number of ether oxygens (including phenoxy) is 2. The fourth-order valence-corrected chi connectivity index (χ4v) is 11.1. The second-order valence-electron chi connectivity index (χ2n) is 15.9. The van der Waals surface area contributed by atoms with Gasteiger partial charge in [0.1, 0.15) is 15.7 Å². The van der Waals surface area contributed by atoms with Crippen LogP contribution >= 0.6 is 11.6 Å². The number of allylic oxidation sites excluding steroid dienone is 1. The van der Waals surface area contributed by atoms with Gasteiger partial charge in [-0.1, -0.05) is 36.7 Å². The Bertz CT molecular complexity index is 2060. The fourth-order valence-electron chi connectivity index (χ4n) is 9.06. The van der Waals surface area contributed by atoms with Crippen LogP contribution in [0.4, 0.5) is 10.5 Å². The fraction of sp³-hybridized carbons (Fsp3) is 0.525. The highest BCUT2D eigenvalue weighted by Crippen LogP contribution is 2.47. The minimum atomic E-state index is -3.51. The number of fused-ring (bicyclic) bond motifs is 4. The smallest absolute Gasteiger partial charge is 0.327 e. The van der Waals surface area contributed by atoms with Crippen molar-refractivity contribution in [2.75, 3.05) is 37.5 Å². The Hall–Kier alpha value is -3.87. The average molecular weight is 761 g/mol. The molecule has 5 aliphatic rings. The maximum absolute atomic E-state index is 14.6. The van der Waals surface area contributed by atoms with E-state index in [1.54, 1.807) is 24.1 Å². The molecule has 3 aromatic rings. The maximum atomic E-state index is 14.6. The molecule has 2 aliphatic heterocycles. The molecular weight excluding hydrogens is 712 g/mol. The average Bonchev–Trinajstić information content (AvgIpc) is 3.76. The number of benzene rings is 2. The third kappa shape index (κ3) is 7.47. The van der Waals surface area contributed by atoms with Crippen LogP contribution in [0.15, 0.2) is 65.3 Å². The lowest BCUT2D eigenvalue weighted by Crippen LogP contribution is -2.49. The Morgan fingerprint density at radius 2 is 2.06 bits per heavy atom. The van der Waals surface area contributed by atoms with E-state index in [0.29, 0.717) is 36.2 Å². The molecule has 2 aromatic carbocycles. The zero-order chi connectivity index (χ0) is 36.9. The summed E-state index contributed by atoms with van der Waals surface area (Å²) in [7, 11) is 0.112. The van der Waals surface area contributed by atoms with Gasteiger partial charge < -0.3 is 19.7 Å². The van der Waals surface area contributed by atoms with E-state index in [9.17, 15) is 13.8 Å². The number of hydrogen-bond donors (Lipinski definition) is 2. The molecular formula is C40H49ClN6O5S. The van der Waals surface area contributed by atoms with Crippen LogP contribution in [0.5, 0.6) is 5.75 Å². The first kappa shape index (κ1) is 36.1. The molecule has 11 nitrogen and oxygen atoms in total. The van der Waals surface area contributed by atoms with Crippen LogP contribution < -0.4 is 19.7 Å². The van der Waals surface area contributed by atoms with E-state index in [2.05, 4.69) is 48.7 Å². The lowest BCUT2D eigenvalue weighted by atomic mass is 9.68. The Labute approximate surface area is 317 Å². The predicted molar refractivity (Wildman–Crippen MR) is 206 cm³/mol. The van der Waals surface area contributed by atoms with Gasteiger partial charge in [-0.2, -0.15) is 5.10 Å². The van der Waals surface area contributed by atoms with Crippen molar-refractivity contribution in [3.05, 3.63) is 88.2 Å². The molecule has 3 amide bonds. The minimum absolute atomic E-state index is 0.0169. The molecule has 0 unspecified atom stereocenters. The van der Waals surface area contributed by atoms with Crippen molar-refractivity contribution >= 4 is 39.1 Å². The van der Waals surface area contributed by atoms with Crippen molar-refractivity contribution in [3.63, 3.8) is 0 Å². The highest BCUT2D eigenvalue weighted by molar-refractivity contribution is 7.92. The molecule has 0 radical (unpaired) electrons. The molecule has 1 spiro atoms. The SMILES string of the molecule is CO[C@H]1/C=C/C[C@H](C)C[S@@](=O)(NC(=O)N[C@H]2C[C@@H]2c2cnn(C)c2)=NC(=O)c2ccc3c(c2)N(C[C@@H]2CC[C@H]21)C[C@@]1(CCCc2cc(Cl)ccc21)CO3. The number of urea groups is 1. The van der Waals surface area contributed by atoms with Crippen LogP contribution in [0.3, 0.4) is 0 Å². The molecule has 0 saturated heterocycles. The van der Waals surface area contributed by atoms with Crippen molar-refractivity contribution in [3.8, 4) is 5.75 Å². The third-order valence-corrected chi connectivity index (χ3v) is 14.2. The number of carbonyl (C=O) groups excluding carboxylic acids is 2. The van der Waals surface area contributed by atoms with E-state index < -0.39 is 21.9 Å².